The number of carbonyl (C=O) groups excluding carboxylic acids is 1. The number of halogens is 3. The van der Waals surface area contributed by atoms with Gasteiger partial charge in [0, 0.05) is 31.5 Å². The molecule has 1 aromatic heterocycles. The minimum absolute atomic E-state index is 0.194. The summed E-state index contributed by atoms with van der Waals surface area (Å²) in [4.78, 5) is 14.0. The van der Waals surface area contributed by atoms with Gasteiger partial charge in [-0.05, 0) is 41.5 Å². The first-order valence-corrected chi connectivity index (χ1v) is 8.31. The summed E-state index contributed by atoms with van der Waals surface area (Å²) in [6.45, 7) is 0.842. The molecule has 0 saturated carbocycles. The van der Waals surface area contributed by atoms with Crippen LogP contribution in [0.15, 0.2) is 67.0 Å². The molecule has 140 valence electrons. The lowest BCUT2D eigenvalue weighted by atomic mass is 10.1. The largest absolute Gasteiger partial charge is 0.416 e. The van der Waals surface area contributed by atoms with Gasteiger partial charge in [0.05, 0.1) is 12.1 Å². The molecule has 0 bridgehead atoms. The molecule has 27 heavy (non-hydrogen) atoms. The van der Waals surface area contributed by atoms with Gasteiger partial charge in [-0.15, -0.1) is 0 Å². The van der Waals surface area contributed by atoms with Crippen molar-refractivity contribution in [3.05, 3.63) is 89.2 Å². The number of benzene rings is 2. The third kappa shape index (κ3) is 4.75. The van der Waals surface area contributed by atoms with Crippen LogP contribution in [-0.2, 0) is 19.3 Å². The standard InChI is InChI=1S/C20H18F3N3O/c1-25(13-15-5-9-18(10-6-15)20(21,22)23)19(27)17-7-3-16(4-8-17)14-26-12-2-11-24-26/h2-12H,13-14H2,1H3. The van der Waals surface area contributed by atoms with E-state index in [0.717, 1.165) is 17.7 Å². The van der Waals surface area contributed by atoms with Crippen LogP contribution in [0.2, 0.25) is 0 Å². The fourth-order valence-corrected chi connectivity index (χ4v) is 2.70. The van der Waals surface area contributed by atoms with E-state index in [1.165, 1.54) is 17.0 Å². The number of aromatic nitrogens is 2. The van der Waals surface area contributed by atoms with Crippen molar-refractivity contribution in [2.75, 3.05) is 7.05 Å². The van der Waals surface area contributed by atoms with E-state index >= 15 is 0 Å². The smallest absolute Gasteiger partial charge is 0.337 e. The Balaban J connectivity index is 1.63. The molecular formula is C20H18F3N3O. The van der Waals surface area contributed by atoms with E-state index in [0.29, 0.717) is 17.7 Å². The summed E-state index contributed by atoms with van der Waals surface area (Å²) in [5.74, 6) is -0.194. The van der Waals surface area contributed by atoms with Gasteiger partial charge in [-0.3, -0.25) is 9.48 Å². The van der Waals surface area contributed by atoms with Crippen LogP contribution in [0.3, 0.4) is 0 Å². The lowest BCUT2D eigenvalue weighted by Crippen LogP contribution is -2.26. The van der Waals surface area contributed by atoms with Gasteiger partial charge >= 0.3 is 6.18 Å². The van der Waals surface area contributed by atoms with Crippen LogP contribution >= 0.6 is 0 Å². The second kappa shape index (κ2) is 7.65. The summed E-state index contributed by atoms with van der Waals surface area (Å²) >= 11 is 0. The molecule has 1 amide bonds. The molecule has 0 unspecified atom stereocenters. The van der Waals surface area contributed by atoms with Crippen LogP contribution in [0.25, 0.3) is 0 Å². The Hall–Kier alpha value is -3.09. The summed E-state index contributed by atoms with van der Waals surface area (Å²) in [7, 11) is 1.62. The molecule has 3 rings (SSSR count). The molecule has 0 fully saturated rings. The van der Waals surface area contributed by atoms with Crippen LogP contribution in [0.5, 0.6) is 0 Å². The lowest BCUT2D eigenvalue weighted by Gasteiger charge is -2.18. The van der Waals surface area contributed by atoms with E-state index in [-0.39, 0.29) is 12.5 Å². The second-order valence-electron chi connectivity index (χ2n) is 6.26. The van der Waals surface area contributed by atoms with Gasteiger partial charge in [-0.25, -0.2) is 0 Å². The maximum atomic E-state index is 12.6. The molecule has 0 N–H and O–H groups in total. The highest BCUT2D eigenvalue weighted by Gasteiger charge is 2.30. The van der Waals surface area contributed by atoms with E-state index in [9.17, 15) is 18.0 Å². The molecule has 0 saturated heterocycles. The Bertz CT molecular complexity index is 886. The molecule has 0 spiro atoms. The van der Waals surface area contributed by atoms with Gasteiger partial charge < -0.3 is 4.90 Å². The average Bonchev–Trinajstić information content (AvgIpc) is 3.14. The van der Waals surface area contributed by atoms with E-state index in [1.54, 1.807) is 30.1 Å². The topological polar surface area (TPSA) is 38.1 Å². The zero-order chi connectivity index (χ0) is 19.4. The molecule has 0 aliphatic rings. The number of nitrogens with zero attached hydrogens (tertiary/aromatic N) is 3. The third-order valence-corrected chi connectivity index (χ3v) is 4.15. The Morgan fingerprint density at radius 2 is 1.67 bits per heavy atom. The highest BCUT2D eigenvalue weighted by molar-refractivity contribution is 5.94. The highest BCUT2D eigenvalue weighted by atomic mass is 19.4. The van der Waals surface area contributed by atoms with Crippen molar-refractivity contribution in [2.45, 2.75) is 19.3 Å². The molecule has 2 aromatic carbocycles. The Morgan fingerprint density at radius 3 is 2.22 bits per heavy atom. The van der Waals surface area contributed by atoms with E-state index < -0.39 is 11.7 Å². The fraction of sp³-hybridized carbons (Fsp3) is 0.200. The zero-order valence-corrected chi connectivity index (χ0v) is 14.6. The summed E-state index contributed by atoms with van der Waals surface area (Å²) in [5, 5.41) is 4.14. The van der Waals surface area contributed by atoms with Crippen LogP contribution in [0, 0.1) is 0 Å². The quantitative estimate of drug-likeness (QED) is 0.672. The van der Waals surface area contributed by atoms with Crippen LogP contribution in [0.1, 0.15) is 27.0 Å². The number of carbonyl (C=O) groups is 1. The van der Waals surface area contributed by atoms with Crippen molar-refractivity contribution in [3.8, 4) is 0 Å². The number of alkyl halides is 3. The van der Waals surface area contributed by atoms with Crippen molar-refractivity contribution < 1.29 is 18.0 Å². The lowest BCUT2D eigenvalue weighted by molar-refractivity contribution is -0.137. The fourth-order valence-electron chi connectivity index (χ4n) is 2.70. The predicted molar refractivity (Wildman–Crippen MR) is 95.0 cm³/mol. The van der Waals surface area contributed by atoms with Crippen molar-refractivity contribution in [3.63, 3.8) is 0 Å². The summed E-state index contributed by atoms with van der Waals surface area (Å²) in [6.07, 6.45) is -0.802. The summed E-state index contributed by atoms with van der Waals surface area (Å²) in [5.41, 5.74) is 1.47. The predicted octanol–water partition coefficient (Wildman–Crippen LogP) is 4.22. The normalized spacial score (nSPS) is 11.4. The van der Waals surface area contributed by atoms with Crippen molar-refractivity contribution in [2.24, 2.45) is 0 Å². The molecule has 0 aliphatic carbocycles. The zero-order valence-electron chi connectivity index (χ0n) is 14.6. The van der Waals surface area contributed by atoms with Crippen molar-refractivity contribution in [1.29, 1.82) is 0 Å². The first-order valence-electron chi connectivity index (χ1n) is 8.31. The first-order chi connectivity index (χ1) is 12.8. The first kappa shape index (κ1) is 18.7. The molecule has 7 heteroatoms. The molecule has 1 heterocycles. The monoisotopic (exact) mass is 373 g/mol. The Morgan fingerprint density at radius 1 is 1.04 bits per heavy atom. The molecule has 0 aliphatic heterocycles. The van der Waals surface area contributed by atoms with Gasteiger partial charge in [0.15, 0.2) is 0 Å². The maximum Gasteiger partial charge on any atom is 0.416 e. The molecular weight excluding hydrogens is 355 g/mol. The second-order valence-corrected chi connectivity index (χ2v) is 6.26. The minimum atomic E-state index is -4.36. The number of hydrogen-bond acceptors (Lipinski definition) is 2. The van der Waals surface area contributed by atoms with Crippen molar-refractivity contribution >= 4 is 5.91 Å². The van der Waals surface area contributed by atoms with Crippen LogP contribution in [-0.4, -0.2) is 27.6 Å². The summed E-state index contributed by atoms with van der Waals surface area (Å²) < 4.78 is 39.6. The van der Waals surface area contributed by atoms with E-state index in [2.05, 4.69) is 5.10 Å². The Kier molecular flexibility index (Phi) is 5.30. The van der Waals surface area contributed by atoms with Gasteiger partial charge in [0.25, 0.3) is 5.91 Å². The van der Waals surface area contributed by atoms with Crippen LogP contribution < -0.4 is 0 Å². The summed E-state index contributed by atoms with van der Waals surface area (Å²) in [6, 6.07) is 13.9. The van der Waals surface area contributed by atoms with E-state index in [4.69, 9.17) is 0 Å². The van der Waals surface area contributed by atoms with Gasteiger partial charge in [0.2, 0.25) is 0 Å². The molecule has 4 nitrogen and oxygen atoms in total. The van der Waals surface area contributed by atoms with Gasteiger partial charge in [0.1, 0.15) is 0 Å². The van der Waals surface area contributed by atoms with Crippen molar-refractivity contribution in [1.82, 2.24) is 14.7 Å². The van der Waals surface area contributed by atoms with Gasteiger partial charge in [-0.2, -0.15) is 18.3 Å². The highest BCUT2D eigenvalue weighted by Crippen LogP contribution is 2.29. The van der Waals surface area contributed by atoms with Gasteiger partial charge in [-0.1, -0.05) is 24.3 Å². The Labute approximate surface area is 154 Å². The maximum absolute atomic E-state index is 12.6. The minimum Gasteiger partial charge on any atom is -0.337 e. The number of rotatable bonds is 5. The van der Waals surface area contributed by atoms with E-state index in [1.807, 2.05) is 24.4 Å². The molecule has 0 atom stereocenters. The van der Waals surface area contributed by atoms with Crippen LogP contribution in [0.4, 0.5) is 13.2 Å². The third-order valence-electron chi connectivity index (χ3n) is 4.15. The molecule has 0 radical (unpaired) electrons. The number of amides is 1. The molecule has 3 aromatic rings. The number of hydrogen-bond donors (Lipinski definition) is 0. The average molecular weight is 373 g/mol. The SMILES string of the molecule is CN(Cc1ccc(C(F)(F)F)cc1)C(=O)c1ccc(Cn2cccn2)cc1.